The second kappa shape index (κ2) is 7.55. The lowest BCUT2D eigenvalue weighted by Crippen LogP contribution is -3.15. The van der Waals surface area contributed by atoms with Crippen molar-refractivity contribution in [2.75, 3.05) is 31.8 Å². The summed E-state index contributed by atoms with van der Waals surface area (Å²) in [6, 6.07) is 6.37. The molecule has 1 fully saturated rings. The number of aryl methyl sites for hydroxylation is 2. The number of quaternary nitrogens is 1. The summed E-state index contributed by atoms with van der Waals surface area (Å²) in [5.74, 6) is 1.33. The van der Waals surface area contributed by atoms with Gasteiger partial charge >= 0.3 is 0 Å². The minimum absolute atomic E-state index is 0.385. The number of aromatic nitrogens is 2. The number of aliphatic imine (C=N–C) groups is 1. The van der Waals surface area contributed by atoms with Crippen LogP contribution in [0.25, 0.3) is 10.9 Å². The summed E-state index contributed by atoms with van der Waals surface area (Å²) in [6.45, 7) is 7.66. The molecular weight excluding hydrogens is 328 g/mol. The maximum absolute atomic E-state index is 5.72. The molecule has 1 unspecified atom stereocenters. The lowest BCUT2D eigenvalue weighted by Gasteiger charge is -2.25. The van der Waals surface area contributed by atoms with Crippen LogP contribution in [-0.4, -0.2) is 48.5 Å². The quantitative estimate of drug-likeness (QED) is 0.758. The van der Waals surface area contributed by atoms with Crippen molar-refractivity contribution in [3.05, 3.63) is 29.5 Å². The number of ether oxygens (including phenoxy) is 1. The van der Waals surface area contributed by atoms with Gasteiger partial charge in [-0.3, -0.25) is 10.2 Å². The Bertz CT molecular complexity index is 815. The fraction of sp³-hybridized carbons (Fsp3) is 0.526. The van der Waals surface area contributed by atoms with Gasteiger partial charge in [-0.05, 0) is 43.9 Å². The number of hydrogen-bond acceptors (Lipinski definition) is 6. The van der Waals surface area contributed by atoms with E-state index in [1.807, 2.05) is 6.92 Å². The number of fused-ring (bicyclic) bond motifs is 1. The van der Waals surface area contributed by atoms with Crippen molar-refractivity contribution >= 4 is 22.8 Å². The van der Waals surface area contributed by atoms with E-state index in [-0.39, 0.29) is 0 Å². The summed E-state index contributed by atoms with van der Waals surface area (Å²) < 4.78 is 5.72. The predicted molar refractivity (Wildman–Crippen MR) is 102 cm³/mol. The molecule has 0 spiro atoms. The normalized spacial score (nSPS) is 22.9. The van der Waals surface area contributed by atoms with E-state index in [0.29, 0.717) is 12.1 Å². The molecule has 7 heteroatoms. The van der Waals surface area contributed by atoms with Crippen LogP contribution in [0, 0.1) is 6.92 Å². The highest BCUT2D eigenvalue weighted by Gasteiger charge is 2.24. The van der Waals surface area contributed by atoms with Crippen molar-refractivity contribution in [1.29, 1.82) is 0 Å². The maximum Gasteiger partial charge on any atom is 0.230 e. The van der Waals surface area contributed by atoms with Gasteiger partial charge in [0.2, 0.25) is 11.9 Å². The zero-order valence-electron chi connectivity index (χ0n) is 15.5. The zero-order valence-corrected chi connectivity index (χ0v) is 15.5. The van der Waals surface area contributed by atoms with Crippen molar-refractivity contribution in [1.82, 2.24) is 15.3 Å². The molecule has 1 aromatic carbocycles. The summed E-state index contributed by atoms with van der Waals surface area (Å²) in [6.07, 6.45) is 3.75. The molecule has 0 radical (unpaired) electrons. The molecule has 0 amide bonds. The largest absolute Gasteiger partial charge is 0.372 e. The lowest BCUT2D eigenvalue weighted by atomic mass is 10.1. The molecule has 2 aliphatic heterocycles. The van der Waals surface area contributed by atoms with Crippen LogP contribution in [0.3, 0.4) is 0 Å². The number of rotatable bonds is 4. The Labute approximate surface area is 153 Å². The Balaban J connectivity index is 1.43. The summed E-state index contributed by atoms with van der Waals surface area (Å²) in [7, 11) is 0. The molecule has 0 saturated carbocycles. The van der Waals surface area contributed by atoms with E-state index < -0.39 is 0 Å². The first kappa shape index (κ1) is 17.2. The second-order valence-electron chi connectivity index (χ2n) is 7.07. The van der Waals surface area contributed by atoms with Crippen LogP contribution in [0.1, 0.15) is 31.0 Å². The Morgan fingerprint density at radius 2 is 2.27 bits per heavy atom. The van der Waals surface area contributed by atoms with Gasteiger partial charge < -0.3 is 10.1 Å². The first-order valence-electron chi connectivity index (χ1n) is 9.49. The van der Waals surface area contributed by atoms with Gasteiger partial charge in [-0.2, -0.15) is 4.99 Å². The van der Waals surface area contributed by atoms with Crippen molar-refractivity contribution in [2.45, 2.75) is 39.2 Å². The summed E-state index contributed by atoms with van der Waals surface area (Å²) in [5, 5.41) is 7.68. The van der Waals surface area contributed by atoms with Crippen LogP contribution >= 0.6 is 0 Å². The van der Waals surface area contributed by atoms with Gasteiger partial charge in [0.15, 0.2) is 13.3 Å². The minimum atomic E-state index is 0.385. The van der Waals surface area contributed by atoms with E-state index >= 15 is 0 Å². The van der Waals surface area contributed by atoms with Gasteiger partial charge in [0.05, 0.1) is 11.2 Å². The van der Waals surface area contributed by atoms with Crippen LogP contribution in [0.5, 0.6) is 0 Å². The number of hydrogen-bond donors (Lipinski definition) is 3. The van der Waals surface area contributed by atoms with Crippen LogP contribution in [0.15, 0.2) is 23.2 Å². The molecule has 138 valence electrons. The molecule has 2 aromatic rings. The topological polar surface area (TPSA) is 75.9 Å². The average molecular weight is 355 g/mol. The Hall–Kier alpha value is -2.25. The van der Waals surface area contributed by atoms with Gasteiger partial charge in [-0.1, -0.05) is 13.0 Å². The summed E-state index contributed by atoms with van der Waals surface area (Å²) >= 11 is 0. The molecule has 1 aromatic heterocycles. The minimum Gasteiger partial charge on any atom is -0.372 e. The van der Waals surface area contributed by atoms with Crippen LogP contribution in [0.2, 0.25) is 0 Å². The van der Waals surface area contributed by atoms with E-state index in [2.05, 4.69) is 50.7 Å². The second-order valence-corrected chi connectivity index (χ2v) is 7.07. The molecule has 26 heavy (non-hydrogen) atoms. The lowest BCUT2D eigenvalue weighted by molar-refractivity contribution is -0.905. The Morgan fingerprint density at radius 1 is 1.35 bits per heavy atom. The van der Waals surface area contributed by atoms with E-state index in [0.717, 1.165) is 55.5 Å². The smallest absolute Gasteiger partial charge is 0.230 e. The van der Waals surface area contributed by atoms with Crippen LogP contribution in [0.4, 0.5) is 5.95 Å². The Morgan fingerprint density at radius 3 is 3.00 bits per heavy atom. The predicted octanol–water partition coefficient (Wildman–Crippen LogP) is 0.851. The fourth-order valence-corrected chi connectivity index (χ4v) is 3.57. The highest BCUT2D eigenvalue weighted by Crippen LogP contribution is 2.19. The van der Waals surface area contributed by atoms with Gasteiger partial charge in [-0.15, -0.1) is 0 Å². The van der Waals surface area contributed by atoms with Crippen molar-refractivity contribution in [2.24, 2.45) is 4.99 Å². The molecule has 3 N–H and O–H groups in total. The van der Waals surface area contributed by atoms with Gasteiger partial charge in [-0.25, -0.2) is 9.97 Å². The average Bonchev–Trinajstić information content (AvgIpc) is 3.16. The van der Waals surface area contributed by atoms with Crippen LogP contribution < -0.4 is 15.5 Å². The number of benzene rings is 1. The molecule has 3 heterocycles. The number of nitrogens with one attached hydrogen (secondary N) is 3. The highest BCUT2D eigenvalue weighted by molar-refractivity contribution is 5.93. The Kier molecular flexibility index (Phi) is 4.99. The molecular formula is C19H27N6O+. The molecule has 2 aliphatic rings. The van der Waals surface area contributed by atoms with Gasteiger partial charge in [0.25, 0.3) is 0 Å². The first-order valence-corrected chi connectivity index (χ1v) is 9.49. The van der Waals surface area contributed by atoms with E-state index in [1.54, 1.807) is 0 Å². The van der Waals surface area contributed by atoms with Crippen LogP contribution in [-0.2, 0) is 11.2 Å². The first-order chi connectivity index (χ1) is 12.7. The summed E-state index contributed by atoms with van der Waals surface area (Å²) in [4.78, 5) is 15.2. The van der Waals surface area contributed by atoms with Gasteiger partial charge in [0, 0.05) is 12.0 Å². The number of nitrogens with zero attached hydrogens (tertiary/aromatic N) is 3. The van der Waals surface area contributed by atoms with E-state index in [9.17, 15) is 0 Å². The number of guanidine groups is 1. The standard InChI is InChI=1S/C19H26N6O/c1-3-14-6-7-17-16(9-14)13(2)22-19(23-17)24-18-20-11-25(12-21-18)10-15-5-4-8-26-15/h6-7,9,15H,3-5,8,10-12H2,1-2H3,(H2,20,21,22,23,24)/p+1/t15-/m0/s1. The van der Waals surface area contributed by atoms with E-state index in [4.69, 9.17) is 4.74 Å². The zero-order chi connectivity index (χ0) is 17.9. The fourth-order valence-electron chi connectivity index (χ4n) is 3.57. The van der Waals surface area contributed by atoms with Gasteiger partial charge in [0.1, 0.15) is 12.6 Å². The maximum atomic E-state index is 5.72. The third-order valence-corrected chi connectivity index (χ3v) is 5.10. The SMILES string of the molecule is CCc1ccc2nc(NC3=NC[NH+](C[C@@H]4CCCO4)CN3)nc(C)c2c1. The van der Waals surface area contributed by atoms with E-state index in [1.165, 1.54) is 23.3 Å². The van der Waals surface area contributed by atoms with Crippen molar-refractivity contribution in [3.63, 3.8) is 0 Å². The molecule has 7 nitrogen and oxygen atoms in total. The molecule has 4 rings (SSSR count). The third kappa shape index (κ3) is 3.78. The summed E-state index contributed by atoms with van der Waals surface area (Å²) in [5.41, 5.74) is 3.24. The molecule has 1 saturated heterocycles. The highest BCUT2D eigenvalue weighted by atomic mass is 16.5. The molecule has 0 bridgehead atoms. The monoisotopic (exact) mass is 355 g/mol. The van der Waals surface area contributed by atoms with Crippen molar-refractivity contribution in [3.8, 4) is 0 Å². The molecule has 2 atom stereocenters. The van der Waals surface area contributed by atoms with Crippen molar-refractivity contribution < 1.29 is 9.64 Å². The number of anilines is 1. The molecule has 0 aliphatic carbocycles. The third-order valence-electron chi connectivity index (χ3n) is 5.10.